The van der Waals surface area contributed by atoms with E-state index in [1.165, 1.54) is 6.07 Å². The van der Waals surface area contributed by atoms with Crippen molar-refractivity contribution >= 4 is 35.6 Å². The zero-order chi connectivity index (χ0) is 18.6. The summed E-state index contributed by atoms with van der Waals surface area (Å²) in [6, 6.07) is 13.2. The van der Waals surface area contributed by atoms with Crippen LogP contribution in [-0.4, -0.2) is 25.7 Å². The zero-order valence-corrected chi connectivity index (χ0v) is 18.1. The molecule has 2 aromatic rings. The Labute approximate surface area is 182 Å². The Hall–Kier alpha value is -2.03. The van der Waals surface area contributed by atoms with Crippen LogP contribution in [0.25, 0.3) is 0 Å². The molecule has 5 nitrogen and oxygen atoms in total. The van der Waals surface area contributed by atoms with Gasteiger partial charge in [-0.25, -0.2) is 9.38 Å². The normalized spacial score (nSPS) is 18.8. The molecular weight excluding hydrogens is 470 g/mol. The molecule has 0 aliphatic carbocycles. The van der Waals surface area contributed by atoms with Gasteiger partial charge in [0.25, 0.3) is 0 Å². The zero-order valence-electron chi connectivity index (χ0n) is 15.7. The van der Waals surface area contributed by atoms with Crippen LogP contribution in [0.4, 0.5) is 10.1 Å². The molecule has 0 saturated carbocycles. The van der Waals surface area contributed by atoms with Crippen LogP contribution in [0.5, 0.6) is 5.75 Å². The van der Waals surface area contributed by atoms with Crippen LogP contribution < -0.4 is 20.7 Å². The summed E-state index contributed by atoms with van der Waals surface area (Å²) < 4.78 is 20.1. The minimum absolute atomic E-state index is 0. The highest BCUT2D eigenvalue weighted by Crippen LogP contribution is 2.31. The number of halogens is 2. The maximum absolute atomic E-state index is 14.4. The van der Waals surface area contributed by atoms with E-state index < -0.39 is 0 Å². The van der Waals surface area contributed by atoms with Crippen LogP contribution in [0.1, 0.15) is 36.4 Å². The minimum atomic E-state index is -0.229. The number of hydrogen-bond acceptors (Lipinski definition) is 3. The molecule has 1 saturated heterocycles. The topological polar surface area (TPSA) is 62.9 Å². The lowest BCUT2D eigenvalue weighted by Gasteiger charge is -2.27. The molecule has 3 N–H and O–H groups in total. The van der Waals surface area contributed by atoms with E-state index in [4.69, 9.17) is 10.5 Å². The fourth-order valence-electron chi connectivity index (χ4n) is 3.84. The highest BCUT2D eigenvalue weighted by atomic mass is 127. The Morgan fingerprint density at radius 3 is 2.79 bits per heavy atom. The fourth-order valence-corrected chi connectivity index (χ4v) is 3.84. The number of ether oxygens (including phenoxy) is 1. The lowest BCUT2D eigenvalue weighted by atomic mass is 10.0. The average molecular weight is 496 g/mol. The molecule has 7 heteroatoms. The van der Waals surface area contributed by atoms with Gasteiger partial charge in [-0.15, -0.1) is 24.0 Å². The Morgan fingerprint density at radius 2 is 1.96 bits per heavy atom. The van der Waals surface area contributed by atoms with E-state index in [1.54, 1.807) is 6.07 Å². The summed E-state index contributed by atoms with van der Waals surface area (Å²) >= 11 is 0. The first-order valence-corrected chi connectivity index (χ1v) is 9.53. The largest absolute Gasteiger partial charge is 0.493 e. The van der Waals surface area contributed by atoms with Gasteiger partial charge in [-0.1, -0.05) is 24.3 Å². The number of hydrogen-bond donors (Lipinski definition) is 2. The molecule has 1 atom stereocenters. The molecule has 2 aliphatic rings. The van der Waals surface area contributed by atoms with Gasteiger partial charge in [0.15, 0.2) is 5.96 Å². The van der Waals surface area contributed by atoms with Crippen molar-refractivity contribution in [3.8, 4) is 5.75 Å². The van der Waals surface area contributed by atoms with Gasteiger partial charge in [-0.3, -0.25) is 0 Å². The third-order valence-corrected chi connectivity index (χ3v) is 5.23. The van der Waals surface area contributed by atoms with E-state index in [-0.39, 0.29) is 42.4 Å². The molecule has 2 heterocycles. The van der Waals surface area contributed by atoms with E-state index >= 15 is 0 Å². The van der Waals surface area contributed by atoms with Crippen molar-refractivity contribution in [2.45, 2.75) is 31.8 Å². The second kappa shape index (κ2) is 9.45. The van der Waals surface area contributed by atoms with Crippen molar-refractivity contribution in [1.82, 2.24) is 5.32 Å². The minimum Gasteiger partial charge on any atom is -0.493 e. The van der Waals surface area contributed by atoms with Crippen LogP contribution in [0.15, 0.2) is 47.5 Å². The number of nitrogens with two attached hydrogens (primary N) is 1. The van der Waals surface area contributed by atoms with E-state index in [1.807, 2.05) is 30.3 Å². The molecule has 0 aromatic heterocycles. The molecule has 0 radical (unpaired) electrons. The number of aliphatic imine (C=N–C) groups is 1. The number of nitrogens with one attached hydrogen (secondary N) is 1. The van der Waals surface area contributed by atoms with Crippen molar-refractivity contribution in [1.29, 1.82) is 0 Å². The van der Waals surface area contributed by atoms with Crippen molar-refractivity contribution in [3.05, 3.63) is 59.4 Å². The first kappa shape index (κ1) is 20.7. The third kappa shape index (κ3) is 4.51. The Morgan fingerprint density at radius 1 is 1.18 bits per heavy atom. The summed E-state index contributed by atoms with van der Waals surface area (Å²) in [6.45, 7) is 2.79. The molecule has 0 amide bonds. The van der Waals surface area contributed by atoms with Gasteiger partial charge >= 0.3 is 0 Å². The predicted molar refractivity (Wildman–Crippen MR) is 121 cm³/mol. The maximum atomic E-state index is 14.4. The Kier molecular flexibility index (Phi) is 6.98. The average Bonchev–Trinajstić information content (AvgIpc) is 3.22. The second-order valence-electron chi connectivity index (χ2n) is 7.01. The van der Waals surface area contributed by atoms with Gasteiger partial charge < -0.3 is 20.7 Å². The molecule has 2 aliphatic heterocycles. The van der Waals surface area contributed by atoms with Gasteiger partial charge in [0.05, 0.1) is 19.2 Å². The van der Waals surface area contributed by atoms with Crippen LogP contribution in [0.2, 0.25) is 0 Å². The van der Waals surface area contributed by atoms with E-state index in [2.05, 4.69) is 15.2 Å². The SMILES string of the molecule is I.NC(=NCc1c(F)cccc1N1CCCC1)NC1CCOc2ccccc21. The summed E-state index contributed by atoms with van der Waals surface area (Å²) in [7, 11) is 0. The predicted octanol–water partition coefficient (Wildman–Crippen LogP) is 3.97. The number of rotatable bonds is 4. The monoisotopic (exact) mass is 496 g/mol. The first-order valence-electron chi connectivity index (χ1n) is 9.53. The van der Waals surface area contributed by atoms with E-state index in [0.29, 0.717) is 18.1 Å². The molecule has 28 heavy (non-hydrogen) atoms. The molecule has 2 aromatic carbocycles. The lowest BCUT2D eigenvalue weighted by molar-refractivity contribution is 0.262. The standard InChI is InChI=1S/C21H25FN4O.HI/c22-17-7-5-8-19(26-11-3-4-12-26)16(17)14-24-21(23)25-18-10-13-27-20-9-2-1-6-15(18)20;/h1-2,5-9,18H,3-4,10-14H2,(H3,23,24,25);1H. The van der Waals surface area contributed by atoms with Crippen LogP contribution >= 0.6 is 24.0 Å². The highest BCUT2D eigenvalue weighted by Gasteiger charge is 2.22. The summed E-state index contributed by atoms with van der Waals surface area (Å²) in [4.78, 5) is 6.66. The smallest absolute Gasteiger partial charge is 0.189 e. The van der Waals surface area contributed by atoms with Crippen LogP contribution in [0, 0.1) is 5.82 Å². The molecule has 4 rings (SSSR count). The van der Waals surface area contributed by atoms with E-state index in [9.17, 15) is 4.39 Å². The lowest BCUT2D eigenvalue weighted by Crippen LogP contribution is -2.37. The van der Waals surface area contributed by atoms with Gasteiger partial charge in [0.1, 0.15) is 11.6 Å². The van der Waals surface area contributed by atoms with Crippen LogP contribution in [-0.2, 0) is 6.54 Å². The van der Waals surface area contributed by atoms with Gasteiger partial charge in [-0.2, -0.15) is 0 Å². The number of fused-ring (bicyclic) bond motifs is 1. The molecule has 150 valence electrons. The van der Waals surface area contributed by atoms with E-state index in [0.717, 1.165) is 49.4 Å². The molecule has 1 unspecified atom stereocenters. The van der Waals surface area contributed by atoms with Gasteiger partial charge in [0, 0.05) is 36.3 Å². The summed E-state index contributed by atoms with van der Waals surface area (Å²) in [6.07, 6.45) is 3.10. The number of nitrogens with zero attached hydrogens (tertiary/aromatic N) is 2. The summed E-state index contributed by atoms with van der Waals surface area (Å²) in [5, 5.41) is 3.27. The van der Waals surface area contributed by atoms with Crippen molar-refractivity contribution in [2.24, 2.45) is 10.7 Å². The molecule has 1 fully saturated rings. The third-order valence-electron chi connectivity index (χ3n) is 5.23. The molecule has 0 spiro atoms. The van der Waals surface area contributed by atoms with Crippen molar-refractivity contribution in [2.75, 3.05) is 24.6 Å². The first-order chi connectivity index (χ1) is 13.2. The Bertz CT molecular complexity index is 839. The number of para-hydroxylation sites is 1. The molecule has 0 bridgehead atoms. The highest BCUT2D eigenvalue weighted by molar-refractivity contribution is 14.0. The number of benzene rings is 2. The summed E-state index contributed by atoms with van der Waals surface area (Å²) in [5.41, 5.74) is 8.74. The van der Waals surface area contributed by atoms with Crippen molar-refractivity contribution in [3.63, 3.8) is 0 Å². The Balaban J connectivity index is 0.00000225. The fraction of sp³-hybridized carbons (Fsp3) is 0.381. The van der Waals surface area contributed by atoms with Gasteiger partial charge in [-0.05, 0) is 31.0 Å². The van der Waals surface area contributed by atoms with Crippen LogP contribution in [0.3, 0.4) is 0 Å². The second-order valence-corrected chi connectivity index (χ2v) is 7.01. The number of anilines is 1. The summed E-state index contributed by atoms with van der Waals surface area (Å²) in [5.74, 6) is 0.971. The van der Waals surface area contributed by atoms with Crippen molar-refractivity contribution < 1.29 is 9.13 Å². The molecular formula is C21H26FIN4O. The number of guanidine groups is 1. The quantitative estimate of drug-likeness (QED) is 0.382. The maximum Gasteiger partial charge on any atom is 0.189 e. The van der Waals surface area contributed by atoms with Gasteiger partial charge in [0.2, 0.25) is 0 Å².